The third-order valence-electron chi connectivity index (χ3n) is 5.54. The highest BCUT2D eigenvalue weighted by Crippen LogP contribution is 2.36. The number of aliphatic hydroxyl groups is 1. The van der Waals surface area contributed by atoms with E-state index in [4.69, 9.17) is 0 Å². The fraction of sp³-hybridized carbons (Fsp3) is 0.0741. The molecule has 178 valence electrons. The Morgan fingerprint density at radius 3 is 2.19 bits per heavy atom. The van der Waals surface area contributed by atoms with Crippen LogP contribution in [0.5, 0.6) is 0 Å². The molecule has 1 N–H and O–H groups in total. The topological polar surface area (TPSA) is 104 Å². The van der Waals surface area contributed by atoms with Crippen LogP contribution in [0.15, 0.2) is 107 Å². The van der Waals surface area contributed by atoms with E-state index < -0.39 is 4.92 Å². The van der Waals surface area contributed by atoms with Crippen molar-refractivity contribution in [1.29, 1.82) is 0 Å². The summed E-state index contributed by atoms with van der Waals surface area (Å²) in [6, 6.07) is 30.5. The minimum absolute atomic E-state index is 0.0243. The number of nitro benzene ring substituents is 1. The molecule has 0 fully saturated rings. The van der Waals surface area contributed by atoms with Gasteiger partial charge in [-0.05, 0) is 66.6 Å². The van der Waals surface area contributed by atoms with Crippen LogP contribution in [0.2, 0.25) is 0 Å². The molecule has 9 heteroatoms. The molecule has 0 amide bonds. The SMILES string of the molecule is O=[N+]([O-])c1ccc2nc(N=Nc3ccc(N(c4ccccc4)c4ccc(CCO)cc4)cc3)sc2c1. The maximum absolute atomic E-state index is 11.0. The second-order valence-corrected chi connectivity index (χ2v) is 8.94. The van der Waals surface area contributed by atoms with E-state index >= 15 is 0 Å². The predicted molar refractivity (Wildman–Crippen MR) is 142 cm³/mol. The van der Waals surface area contributed by atoms with Crippen LogP contribution in [-0.4, -0.2) is 21.6 Å². The van der Waals surface area contributed by atoms with Gasteiger partial charge >= 0.3 is 0 Å². The first-order valence-corrected chi connectivity index (χ1v) is 12.0. The number of aliphatic hydroxyl groups excluding tert-OH is 1. The molecule has 4 aromatic carbocycles. The predicted octanol–water partition coefficient (Wildman–Crippen LogP) is 7.62. The number of benzene rings is 4. The van der Waals surface area contributed by atoms with Crippen LogP contribution in [0, 0.1) is 10.1 Å². The number of rotatable bonds is 8. The Balaban J connectivity index is 1.40. The smallest absolute Gasteiger partial charge is 0.270 e. The molecule has 1 aromatic heterocycles. The first-order valence-electron chi connectivity index (χ1n) is 11.2. The zero-order chi connectivity index (χ0) is 24.9. The number of fused-ring (bicyclic) bond motifs is 1. The normalized spacial score (nSPS) is 11.2. The van der Waals surface area contributed by atoms with Crippen molar-refractivity contribution in [3.8, 4) is 0 Å². The Kier molecular flexibility index (Phi) is 6.74. The van der Waals surface area contributed by atoms with Gasteiger partial charge in [0.25, 0.3) is 5.69 Å². The fourth-order valence-electron chi connectivity index (χ4n) is 3.79. The number of anilines is 3. The average molecular weight is 496 g/mol. The molecule has 8 nitrogen and oxygen atoms in total. The van der Waals surface area contributed by atoms with Gasteiger partial charge in [0.2, 0.25) is 5.13 Å². The van der Waals surface area contributed by atoms with Crippen LogP contribution >= 0.6 is 11.3 Å². The summed E-state index contributed by atoms with van der Waals surface area (Å²) < 4.78 is 0.692. The molecule has 0 saturated heterocycles. The van der Waals surface area contributed by atoms with Gasteiger partial charge in [-0.3, -0.25) is 10.1 Å². The molecular formula is C27H21N5O3S. The van der Waals surface area contributed by atoms with Crippen molar-refractivity contribution in [3.63, 3.8) is 0 Å². The van der Waals surface area contributed by atoms with Crippen LogP contribution in [0.3, 0.4) is 0 Å². The Bertz CT molecular complexity index is 1520. The molecule has 0 aliphatic rings. The summed E-state index contributed by atoms with van der Waals surface area (Å²) in [7, 11) is 0. The molecule has 0 aliphatic carbocycles. The summed E-state index contributed by atoms with van der Waals surface area (Å²) in [4.78, 5) is 17.1. The second kappa shape index (κ2) is 10.4. The van der Waals surface area contributed by atoms with Gasteiger partial charge in [-0.1, -0.05) is 41.7 Å². The van der Waals surface area contributed by atoms with Crippen molar-refractivity contribution < 1.29 is 10.0 Å². The van der Waals surface area contributed by atoms with E-state index in [1.165, 1.54) is 23.5 Å². The van der Waals surface area contributed by atoms with Gasteiger partial charge in [-0.25, -0.2) is 4.98 Å². The lowest BCUT2D eigenvalue weighted by Crippen LogP contribution is -2.09. The average Bonchev–Trinajstić information content (AvgIpc) is 3.32. The van der Waals surface area contributed by atoms with Crippen LogP contribution in [-0.2, 0) is 6.42 Å². The lowest BCUT2D eigenvalue weighted by atomic mass is 10.1. The minimum atomic E-state index is -0.426. The molecule has 1 heterocycles. The number of azo groups is 1. The van der Waals surface area contributed by atoms with Gasteiger partial charge in [0.05, 0.1) is 20.8 Å². The highest BCUT2D eigenvalue weighted by molar-refractivity contribution is 7.21. The highest BCUT2D eigenvalue weighted by atomic mass is 32.1. The zero-order valence-electron chi connectivity index (χ0n) is 19.1. The second-order valence-electron chi connectivity index (χ2n) is 7.93. The first-order chi connectivity index (χ1) is 17.6. The summed E-state index contributed by atoms with van der Waals surface area (Å²) in [5, 5.41) is 29.2. The lowest BCUT2D eigenvalue weighted by Gasteiger charge is -2.25. The monoisotopic (exact) mass is 495 g/mol. The zero-order valence-corrected chi connectivity index (χ0v) is 19.9. The number of nitro groups is 1. The van der Waals surface area contributed by atoms with E-state index in [1.807, 2.05) is 78.9 Å². The van der Waals surface area contributed by atoms with Crippen molar-refractivity contribution in [1.82, 2.24) is 4.98 Å². The van der Waals surface area contributed by atoms with E-state index in [-0.39, 0.29) is 12.3 Å². The maximum Gasteiger partial charge on any atom is 0.270 e. The van der Waals surface area contributed by atoms with Crippen LogP contribution in [0.25, 0.3) is 10.2 Å². The Labute approximate surface area is 211 Å². The maximum atomic E-state index is 11.0. The van der Waals surface area contributed by atoms with E-state index in [0.717, 1.165) is 22.6 Å². The van der Waals surface area contributed by atoms with Gasteiger partial charge in [0.1, 0.15) is 0 Å². The van der Waals surface area contributed by atoms with Crippen LogP contribution < -0.4 is 4.90 Å². The van der Waals surface area contributed by atoms with Gasteiger partial charge in [-0.15, -0.1) is 10.2 Å². The number of aromatic nitrogens is 1. The molecule has 0 aliphatic heterocycles. The van der Waals surface area contributed by atoms with Crippen LogP contribution in [0.4, 0.5) is 33.6 Å². The van der Waals surface area contributed by atoms with E-state index in [0.29, 0.717) is 27.5 Å². The third-order valence-corrected chi connectivity index (χ3v) is 6.44. The Morgan fingerprint density at radius 2 is 1.53 bits per heavy atom. The summed E-state index contributed by atoms with van der Waals surface area (Å²) in [6.07, 6.45) is 0.622. The van der Waals surface area contributed by atoms with Crippen molar-refractivity contribution in [2.75, 3.05) is 11.5 Å². The third kappa shape index (κ3) is 5.12. The molecular weight excluding hydrogens is 474 g/mol. The molecule has 5 rings (SSSR count). The summed E-state index contributed by atoms with van der Waals surface area (Å²) in [5.41, 5.74) is 5.40. The quantitative estimate of drug-likeness (QED) is 0.135. The van der Waals surface area contributed by atoms with E-state index in [2.05, 4.69) is 20.1 Å². The number of nitrogens with zero attached hydrogens (tertiary/aromatic N) is 5. The van der Waals surface area contributed by atoms with E-state index in [1.54, 1.807) is 6.07 Å². The van der Waals surface area contributed by atoms with Gasteiger partial charge in [0, 0.05) is 35.8 Å². The molecule has 0 bridgehead atoms. The molecule has 0 spiro atoms. The molecule has 0 saturated carbocycles. The number of non-ortho nitro benzene ring substituents is 1. The minimum Gasteiger partial charge on any atom is -0.396 e. The summed E-state index contributed by atoms with van der Waals surface area (Å²) in [5.74, 6) is 0. The van der Waals surface area contributed by atoms with Crippen LogP contribution in [0.1, 0.15) is 5.56 Å². The highest BCUT2D eigenvalue weighted by Gasteiger charge is 2.13. The lowest BCUT2D eigenvalue weighted by molar-refractivity contribution is -0.384. The first kappa shape index (κ1) is 23.3. The summed E-state index contributed by atoms with van der Waals surface area (Å²) in [6.45, 7) is 0.120. The summed E-state index contributed by atoms with van der Waals surface area (Å²) >= 11 is 1.26. The van der Waals surface area contributed by atoms with Gasteiger partial charge < -0.3 is 10.0 Å². The molecule has 0 radical (unpaired) electrons. The molecule has 5 aromatic rings. The van der Waals surface area contributed by atoms with Crippen molar-refractivity contribution in [2.45, 2.75) is 6.42 Å². The fourth-order valence-corrected chi connectivity index (χ4v) is 4.61. The number of thiazole rings is 1. The molecule has 36 heavy (non-hydrogen) atoms. The van der Waals surface area contributed by atoms with E-state index in [9.17, 15) is 15.2 Å². The van der Waals surface area contributed by atoms with Crippen molar-refractivity contribution in [3.05, 3.63) is 113 Å². The van der Waals surface area contributed by atoms with Crippen molar-refractivity contribution >= 4 is 55.1 Å². The largest absolute Gasteiger partial charge is 0.396 e. The number of hydrogen-bond donors (Lipinski definition) is 1. The molecule has 0 unspecified atom stereocenters. The van der Waals surface area contributed by atoms with Crippen molar-refractivity contribution in [2.24, 2.45) is 10.2 Å². The van der Waals surface area contributed by atoms with Gasteiger partial charge in [0.15, 0.2) is 0 Å². The number of hydrogen-bond acceptors (Lipinski definition) is 8. The van der Waals surface area contributed by atoms with Gasteiger partial charge in [-0.2, -0.15) is 0 Å². The Hall–Kier alpha value is -4.47. The molecule has 0 atom stereocenters. The standard InChI is InChI=1S/C27H21N5O3S/c33-17-16-19-6-10-22(11-7-19)31(21-4-2-1-3-5-21)23-12-8-20(9-13-23)29-30-27-28-25-15-14-24(32(34)35)18-26(25)36-27/h1-15,18,33H,16-17H2. The number of para-hydroxylation sites is 1. The Morgan fingerprint density at radius 1 is 0.861 bits per heavy atom.